The highest BCUT2D eigenvalue weighted by Crippen LogP contribution is 2.27. The molecule has 118 valence electrons. The van der Waals surface area contributed by atoms with E-state index in [1.165, 1.54) is 4.31 Å². The summed E-state index contributed by atoms with van der Waals surface area (Å²) in [6.45, 7) is 2.93. The maximum Gasteiger partial charge on any atom is 0.243 e. The van der Waals surface area contributed by atoms with Crippen molar-refractivity contribution in [2.24, 2.45) is 11.7 Å². The second-order valence-corrected chi connectivity index (χ2v) is 8.54. The van der Waals surface area contributed by atoms with Crippen molar-refractivity contribution in [3.8, 4) is 0 Å². The molecule has 21 heavy (non-hydrogen) atoms. The lowest BCUT2D eigenvalue weighted by Gasteiger charge is -2.21. The molecule has 1 atom stereocenters. The molecular weight excluding hydrogens is 354 g/mol. The zero-order valence-corrected chi connectivity index (χ0v) is 14.8. The largest absolute Gasteiger partial charge is 0.326 e. The number of sulfonamides is 1. The van der Waals surface area contributed by atoms with E-state index in [1.54, 1.807) is 25.2 Å². The monoisotopic (exact) mass is 375 g/mol. The van der Waals surface area contributed by atoms with Crippen LogP contribution in [0.4, 0.5) is 0 Å². The maximum absolute atomic E-state index is 12.7. The first-order valence-electron chi connectivity index (χ1n) is 6.98. The van der Waals surface area contributed by atoms with Gasteiger partial charge in [-0.05, 0) is 59.6 Å². The van der Waals surface area contributed by atoms with Gasteiger partial charge in [0.05, 0.1) is 4.90 Å². The number of hydrogen-bond donors (Lipinski definition) is 1. The lowest BCUT2D eigenvalue weighted by molar-refractivity contribution is 0.356. The van der Waals surface area contributed by atoms with E-state index in [4.69, 9.17) is 5.73 Å². The molecule has 2 rings (SSSR count). The van der Waals surface area contributed by atoms with Crippen molar-refractivity contribution in [3.63, 3.8) is 0 Å². The fourth-order valence-electron chi connectivity index (χ4n) is 2.69. The summed E-state index contributed by atoms with van der Waals surface area (Å²) in [7, 11) is 0.243. The molecule has 0 bridgehead atoms. The van der Waals surface area contributed by atoms with E-state index in [1.807, 2.05) is 0 Å². The van der Waals surface area contributed by atoms with Crippen LogP contribution in [0.15, 0.2) is 27.6 Å². The van der Waals surface area contributed by atoms with Gasteiger partial charge in [0.1, 0.15) is 0 Å². The molecule has 7 heteroatoms. The van der Waals surface area contributed by atoms with Crippen molar-refractivity contribution < 1.29 is 8.42 Å². The van der Waals surface area contributed by atoms with E-state index in [2.05, 4.69) is 27.9 Å². The van der Waals surface area contributed by atoms with Gasteiger partial charge in [0.2, 0.25) is 10.0 Å². The van der Waals surface area contributed by atoms with Crippen molar-refractivity contribution in [2.45, 2.75) is 17.9 Å². The molecule has 1 aromatic carbocycles. The fourth-order valence-corrected chi connectivity index (χ4v) is 5.01. The molecular formula is C14H22BrN3O2S. The van der Waals surface area contributed by atoms with Gasteiger partial charge in [0, 0.05) is 31.2 Å². The van der Waals surface area contributed by atoms with Crippen LogP contribution in [0.5, 0.6) is 0 Å². The Labute approximate surface area is 135 Å². The molecule has 0 amide bonds. The van der Waals surface area contributed by atoms with Gasteiger partial charge in [-0.15, -0.1) is 0 Å². The quantitative estimate of drug-likeness (QED) is 0.846. The Morgan fingerprint density at radius 2 is 2.19 bits per heavy atom. The minimum Gasteiger partial charge on any atom is -0.326 e. The average molecular weight is 376 g/mol. The van der Waals surface area contributed by atoms with Crippen LogP contribution in [-0.4, -0.2) is 51.4 Å². The van der Waals surface area contributed by atoms with Gasteiger partial charge in [0.15, 0.2) is 0 Å². The summed E-state index contributed by atoms with van der Waals surface area (Å²) < 4.78 is 27.4. The molecule has 1 fully saturated rings. The van der Waals surface area contributed by atoms with Crippen LogP contribution < -0.4 is 5.73 Å². The first-order chi connectivity index (χ1) is 9.84. The standard InChI is InChI=1S/C14H22BrN3O2S/c1-17-6-5-12(9-17)10-18(2)21(19,20)14-4-3-11(8-16)7-13(14)15/h3-4,7,12H,5-6,8-10,16H2,1-2H3. The molecule has 2 N–H and O–H groups in total. The molecule has 0 aromatic heterocycles. The Balaban J connectivity index is 2.17. The SMILES string of the molecule is CN1CCC(CN(C)S(=O)(=O)c2ccc(CN)cc2Br)C1. The number of likely N-dealkylation sites (tertiary alicyclic amines) is 1. The van der Waals surface area contributed by atoms with Crippen molar-refractivity contribution in [2.75, 3.05) is 33.7 Å². The maximum atomic E-state index is 12.7. The molecule has 1 saturated heterocycles. The van der Waals surface area contributed by atoms with Crippen LogP contribution in [-0.2, 0) is 16.6 Å². The number of nitrogens with two attached hydrogens (primary N) is 1. The molecule has 5 nitrogen and oxygen atoms in total. The van der Waals surface area contributed by atoms with E-state index in [-0.39, 0.29) is 0 Å². The number of nitrogens with zero attached hydrogens (tertiary/aromatic N) is 2. The zero-order chi connectivity index (χ0) is 15.6. The van der Waals surface area contributed by atoms with Crippen LogP contribution in [0.25, 0.3) is 0 Å². The summed E-state index contributed by atoms with van der Waals surface area (Å²) in [5.74, 6) is 0.400. The van der Waals surface area contributed by atoms with Gasteiger partial charge in [-0.1, -0.05) is 6.07 Å². The molecule has 0 radical (unpaired) electrons. The van der Waals surface area contributed by atoms with E-state index in [9.17, 15) is 8.42 Å². The van der Waals surface area contributed by atoms with Crippen LogP contribution in [0.3, 0.4) is 0 Å². The first-order valence-corrected chi connectivity index (χ1v) is 9.21. The number of benzene rings is 1. The van der Waals surface area contributed by atoms with Gasteiger partial charge < -0.3 is 10.6 Å². The van der Waals surface area contributed by atoms with Gasteiger partial charge in [0.25, 0.3) is 0 Å². The van der Waals surface area contributed by atoms with Gasteiger partial charge in [-0.2, -0.15) is 0 Å². The predicted octanol–water partition coefficient (Wildman–Crippen LogP) is 1.48. The first kappa shape index (κ1) is 16.9. The van der Waals surface area contributed by atoms with Gasteiger partial charge in [-0.3, -0.25) is 0 Å². The van der Waals surface area contributed by atoms with E-state index >= 15 is 0 Å². The predicted molar refractivity (Wildman–Crippen MR) is 87.5 cm³/mol. The minimum absolute atomic E-state index is 0.300. The van der Waals surface area contributed by atoms with E-state index in [0.717, 1.165) is 25.1 Å². The summed E-state index contributed by atoms with van der Waals surface area (Å²) in [5.41, 5.74) is 6.48. The van der Waals surface area contributed by atoms with E-state index in [0.29, 0.717) is 28.4 Å². The Bertz CT molecular complexity index is 606. The molecule has 1 aromatic rings. The third-order valence-electron chi connectivity index (χ3n) is 3.92. The molecule has 0 spiro atoms. The van der Waals surface area contributed by atoms with Crippen LogP contribution in [0.2, 0.25) is 0 Å². The smallest absolute Gasteiger partial charge is 0.243 e. The Hall–Kier alpha value is -0.470. The Morgan fingerprint density at radius 3 is 2.71 bits per heavy atom. The molecule has 1 aliphatic heterocycles. The zero-order valence-electron chi connectivity index (χ0n) is 12.4. The highest BCUT2D eigenvalue weighted by Gasteiger charge is 2.28. The lowest BCUT2D eigenvalue weighted by atomic mass is 10.1. The number of halogens is 1. The Kier molecular flexibility index (Phi) is 5.43. The normalized spacial score (nSPS) is 20.3. The third-order valence-corrected chi connectivity index (χ3v) is 6.72. The molecule has 0 saturated carbocycles. The van der Waals surface area contributed by atoms with Crippen LogP contribution >= 0.6 is 15.9 Å². The second kappa shape index (κ2) is 6.75. The second-order valence-electron chi connectivity index (χ2n) is 5.67. The average Bonchev–Trinajstić information content (AvgIpc) is 2.83. The topological polar surface area (TPSA) is 66.6 Å². The Morgan fingerprint density at radius 1 is 1.48 bits per heavy atom. The summed E-state index contributed by atoms with van der Waals surface area (Å²) in [5, 5.41) is 0. The summed E-state index contributed by atoms with van der Waals surface area (Å²) in [6.07, 6.45) is 1.05. The van der Waals surface area contributed by atoms with Gasteiger partial charge in [-0.25, -0.2) is 12.7 Å². The van der Waals surface area contributed by atoms with E-state index < -0.39 is 10.0 Å². The minimum atomic E-state index is -3.47. The molecule has 1 unspecified atom stereocenters. The summed E-state index contributed by atoms with van der Waals surface area (Å²) in [4.78, 5) is 2.53. The highest BCUT2D eigenvalue weighted by atomic mass is 79.9. The number of rotatable bonds is 5. The third kappa shape index (κ3) is 3.84. The van der Waals surface area contributed by atoms with Gasteiger partial charge >= 0.3 is 0 Å². The van der Waals surface area contributed by atoms with Crippen LogP contribution in [0, 0.1) is 5.92 Å². The molecule has 1 aliphatic rings. The van der Waals surface area contributed by atoms with Crippen molar-refractivity contribution in [1.29, 1.82) is 0 Å². The summed E-state index contributed by atoms with van der Waals surface area (Å²) in [6, 6.07) is 5.15. The van der Waals surface area contributed by atoms with Crippen molar-refractivity contribution in [3.05, 3.63) is 28.2 Å². The fraction of sp³-hybridized carbons (Fsp3) is 0.571. The van der Waals surface area contributed by atoms with Crippen molar-refractivity contribution >= 4 is 26.0 Å². The molecule has 1 heterocycles. The molecule has 0 aliphatic carbocycles. The lowest BCUT2D eigenvalue weighted by Crippen LogP contribution is -2.33. The highest BCUT2D eigenvalue weighted by molar-refractivity contribution is 9.10. The van der Waals surface area contributed by atoms with Crippen molar-refractivity contribution in [1.82, 2.24) is 9.21 Å². The number of hydrogen-bond acceptors (Lipinski definition) is 4. The van der Waals surface area contributed by atoms with Crippen LogP contribution in [0.1, 0.15) is 12.0 Å². The summed E-state index contributed by atoms with van der Waals surface area (Å²) >= 11 is 3.34.